The SMILES string of the molecule is COC(=O)c1sc(C[N+](=O)[O-])cc1O. The molecule has 1 heterocycles. The summed E-state index contributed by atoms with van der Waals surface area (Å²) in [7, 11) is 1.18. The Morgan fingerprint density at radius 3 is 2.93 bits per heavy atom. The maximum Gasteiger partial charge on any atom is 0.351 e. The van der Waals surface area contributed by atoms with Crippen LogP contribution in [-0.4, -0.2) is 23.1 Å². The Morgan fingerprint density at radius 1 is 1.79 bits per heavy atom. The lowest BCUT2D eigenvalue weighted by Gasteiger charge is -1.93. The number of ether oxygens (including phenoxy) is 1. The van der Waals surface area contributed by atoms with Crippen LogP contribution in [0.4, 0.5) is 0 Å². The number of hydrogen-bond donors (Lipinski definition) is 1. The lowest BCUT2D eigenvalue weighted by Crippen LogP contribution is -1.97. The summed E-state index contributed by atoms with van der Waals surface area (Å²) >= 11 is 0.854. The van der Waals surface area contributed by atoms with E-state index in [2.05, 4.69) is 4.74 Å². The minimum absolute atomic E-state index is 0.00986. The predicted octanol–water partition coefficient (Wildman–Crippen LogP) is 1.02. The normalized spacial score (nSPS) is 9.79. The molecule has 7 heteroatoms. The third-order valence-electron chi connectivity index (χ3n) is 1.42. The number of nitrogens with zero attached hydrogens (tertiary/aromatic N) is 1. The molecule has 0 saturated heterocycles. The topological polar surface area (TPSA) is 89.7 Å². The van der Waals surface area contributed by atoms with Gasteiger partial charge in [0.1, 0.15) is 5.75 Å². The van der Waals surface area contributed by atoms with E-state index in [4.69, 9.17) is 0 Å². The van der Waals surface area contributed by atoms with Crippen LogP contribution in [0.3, 0.4) is 0 Å². The van der Waals surface area contributed by atoms with Gasteiger partial charge in [-0.25, -0.2) is 4.79 Å². The van der Waals surface area contributed by atoms with Gasteiger partial charge in [-0.3, -0.25) is 10.1 Å². The summed E-state index contributed by atoms with van der Waals surface area (Å²) in [6, 6.07) is 1.19. The Bertz CT molecular complexity index is 372. The van der Waals surface area contributed by atoms with E-state index in [1.807, 2.05) is 0 Å². The van der Waals surface area contributed by atoms with Crippen LogP contribution >= 0.6 is 11.3 Å². The van der Waals surface area contributed by atoms with Crippen LogP contribution in [0.25, 0.3) is 0 Å². The number of rotatable bonds is 3. The van der Waals surface area contributed by atoms with Gasteiger partial charge in [0.25, 0.3) is 0 Å². The van der Waals surface area contributed by atoms with Crippen molar-refractivity contribution in [2.75, 3.05) is 7.11 Å². The summed E-state index contributed by atoms with van der Waals surface area (Å²) in [4.78, 5) is 20.9. The zero-order chi connectivity index (χ0) is 10.7. The standard InChI is InChI=1S/C7H7NO5S/c1-13-7(10)6-5(9)2-4(14-6)3-8(11)12/h2,9H,3H2,1H3. The van der Waals surface area contributed by atoms with Gasteiger partial charge in [-0.1, -0.05) is 0 Å². The van der Waals surface area contributed by atoms with Gasteiger partial charge in [-0.2, -0.15) is 0 Å². The molecule has 0 unspecified atom stereocenters. The molecule has 0 spiro atoms. The van der Waals surface area contributed by atoms with Crippen molar-refractivity contribution in [3.05, 3.63) is 25.9 Å². The molecular weight excluding hydrogens is 210 g/mol. The Balaban J connectivity index is 2.93. The van der Waals surface area contributed by atoms with E-state index in [0.29, 0.717) is 4.88 Å². The van der Waals surface area contributed by atoms with Crippen molar-refractivity contribution in [3.63, 3.8) is 0 Å². The van der Waals surface area contributed by atoms with E-state index in [-0.39, 0.29) is 10.6 Å². The molecule has 0 aliphatic heterocycles. The number of nitro groups is 1. The largest absolute Gasteiger partial charge is 0.506 e. The fourth-order valence-electron chi connectivity index (χ4n) is 0.875. The van der Waals surface area contributed by atoms with Crippen molar-refractivity contribution >= 4 is 17.3 Å². The Hall–Kier alpha value is -1.63. The second kappa shape index (κ2) is 4.05. The third kappa shape index (κ3) is 2.19. The highest BCUT2D eigenvalue weighted by Gasteiger charge is 2.18. The van der Waals surface area contributed by atoms with Gasteiger partial charge in [0.2, 0.25) is 6.54 Å². The summed E-state index contributed by atoms with van der Waals surface area (Å²) in [5, 5.41) is 19.4. The van der Waals surface area contributed by atoms with Gasteiger partial charge in [0.15, 0.2) is 4.88 Å². The minimum Gasteiger partial charge on any atom is -0.506 e. The van der Waals surface area contributed by atoms with E-state index in [9.17, 15) is 20.0 Å². The van der Waals surface area contributed by atoms with E-state index in [1.165, 1.54) is 13.2 Å². The smallest absolute Gasteiger partial charge is 0.351 e. The first kappa shape index (κ1) is 10.5. The van der Waals surface area contributed by atoms with Gasteiger partial charge in [-0.15, -0.1) is 11.3 Å². The van der Waals surface area contributed by atoms with Gasteiger partial charge in [-0.05, 0) is 0 Å². The van der Waals surface area contributed by atoms with Crippen LogP contribution in [0, 0.1) is 10.1 Å². The number of carbonyl (C=O) groups is 1. The fourth-order valence-corrected chi connectivity index (χ4v) is 1.81. The van der Waals surface area contributed by atoms with E-state index in [0.717, 1.165) is 11.3 Å². The zero-order valence-electron chi connectivity index (χ0n) is 7.22. The first-order valence-corrected chi connectivity index (χ1v) is 4.38. The van der Waals surface area contributed by atoms with E-state index >= 15 is 0 Å². The highest BCUT2D eigenvalue weighted by Crippen LogP contribution is 2.29. The molecule has 1 N–H and O–H groups in total. The molecule has 1 rings (SSSR count). The van der Waals surface area contributed by atoms with Crippen LogP contribution in [0.2, 0.25) is 0 Å². The molecule has 0 saturated carbocycles. The molecule has 1 aromatic heterocycles. The molecule has 0 radical (unpaired) electrons. The molecule has 0 aliphatic carbocycles. The fraction of sp³-hybridized carbons (Fsp3) is 0.286. The van der Waals surface area contributed by atoms with Gasteiger partial charge < -0.3 is 9.84 Å². The van der Waals surface area contributed by atoms with Crippen molar-refractivity contribution < 1.29 is 19.6 Å². The maximum atomic E-state index is 11.0. The maximum absolute atomic E-state index is 11.0. The predicted molar refractivity (Wildman–Crippen MR) is 48.0 cm³/mol. The number of carbonyl (C=O) groups excluding carboxylic acids is 1. The van der Waals surface area contributed by atoms with Gasteiger partial charge >= 0.3 is 5.97 Å². The molecule has 0 atom stereocenters. The summed E-state index contributed by atoms with van der Waals surface area (Å²) in [5.41, 5.74) is 0. The molecule has 0 aromatic carbocycles. The Morgan fingerprint density at radius 2 is 2.43 bits per heavy atom. The molecule has 6 nitrogen and oxygen atoms in total. The molecule has 0 aliphatic rings. The Kier molecular flexibility index (Phi) is 3.03. The lowest BCUT2D eigenvalue weighted by atomic mass is 10.4. The van der Waals surface area contributed by atoms with Crippen molar-refractivity contribution in [2.24, 2.45) is 0 Å². The molecule has 0 amide bonds. The highest BCUT2D eigenvalue weighted by atomic mass is 32.1. The average Bonchev–Trinajstić information content (AvgIpc) is 2.44. The summed E-state index contributed by atoms with van der Waals surface area (Å²) < 4.78 is 4.38. The molecular formula is C7H7NO5S. The van der Waals surface area contributed by atoms with E-state index < -0.39 is 17.4 Å². The van der Waals surface area contributed by atoms with Crippen LogP contribution in [0.5, 0.6) is 5.75 Å². The zero-order valence-corrected chi connectivity index (χ0v) is 8.04. The number of esters is 1. The van der Waals surface area contributed by atoms with Crippen LogP contribution < -0.4 is 0 Å². The van der Waals surface area contributed by atoms with Gasteiger partial charge in [0.05, 0.1) is 12.0 Å². The monoisotopic (exact) mass is 217 g/mol. The minimum atomic E-state index is -0.693. The molecule has 0 fully saturated rings. The number of hydrogen-bond acceptors (Lipinski definition) is 6. The molecule has 76 valence electrons. The summed E-state index contributed by atoms with van der Waals surface area (Å²) in [6.45, 7) is -0.408. The second-order valence-electron chi connectivity index (χ2n) is 2.41. The number of aromatic hydroxyl groups is 1. The first-order chi connectivity index (χ1) is 6.54. The van der Waals surface area contributed by atoms with Crippen molar-refractivity contribution in [1.82, 2.24) is 0 Å². The van der Waals surface area contributed by atoms with Crippen molar-refractivity contribution in [2.45, 2.75) is 6.54 Å². The third-order valence-corrected chi connectivity index (χ3v) is 2.51. The first-order valence-electron chi connectivity index (χ1n) is 3.56. The van der Waals surface area contributed by atoms with Gasteiger partial charge in [0, 0.05) is 11.0 Å². The highest BCUT2D eigenvalue weighted by molar-refractivity contribution is 7.14. The number of thiophene rings is 1. The Labute approximate surface area is 82.9 Å². The summed E-state index contributed by atoms with van der Waals surface area (Å²) in [5.74, 6) is -0.971. The second-order valence-corrected chi connectivity index (χ2v) is 3.55. The summed E-state index contributed by atoms with van der Waals surface area (Å²) in [6.07, 6.45) is 0. The van der Waals surface area contributed by atoms with Crippen LogP contribution in [0.1, 0.15) is 14.5 Å². The van der Waals surface area contributed by atoms with Crippen LogP contribution in [0.15, 0.2) is 6.07 Å². The average molecular weight is 217 g/mol. The lowest BCUT2D eigenvalue weighted by molar-refractivity contribution is -0.496. The van der Waals surface area contributed by atoms with Crippen molar-refractivity contribution in [3.8, 4) is 5.75 Å². The van der Waals surface area contributed by atoms with E-state index in [1.54, 1.807) is 0 Å². The number of methoxy groups -OCH3 is 1. The molecule has 14 heavy (non-hydrogen) atoms. The van der Waals surface area contributed by atoms with Crippen molar-refractivity contribution in [1.29, 1.82) is 0 Å². The quantitative estimate of drug-likeness (QED) is 0.463. The molecule has 1 aromatic rings. The van der Waals surface area contributed by atoms with Crippen LogP contribution in [-0.2, 0) is 11.3 Å². The molecule has 0 bridgehead atoms.